The standard InChI is InChI=1S/C20H11F2N5O2.Na/c1-10-18(14-5-3-12(21)6-15(14)22)19-25-16(7-17(20(28)29)27(19)26-10)11-2-4-13(8-23)24-9-11;/h2-7,9H,1H3,(H,28,29);/q;+1/p-1. The van der Waals surface area contributed by atoms with Crippen molar-refractivity contribution in [3.05, 3.63) is 71.3 Å². The van der Waals surface area contributed by atoms with Gasteiger partial charge in [-0.15, -0.1) is 0 Å². The number of fused-ring (bicyclic) bond motifs is 1. The van der Waals surface area contributed by atoms with Crippen LogP contribution in [-0.2, 0) is 0 Å². The van der Waals surface area contributed by atoms with Gasteiger partial charge in [-0.1, -0.05) is 0 Å². The first-order valence-electron chi connectivity index (χ1n) is 8.32. The zero-order chi connectivity index (χ0) is 20.7. The largest absolute Gasteiger partial charge is 1.00 e. The summed E-state index contributed by atoms with van der Waals surface area (Å²) in [6.45, 7) is 1.56. The van der Waals surface area contributed by atoms with E-state index in [4.69, 9.17) is 5.26 Å². The third-order valence-corrected chi connectivity index (χ3v) is 4.35. The normalized spacial score (nSPS) is 10.5. The van der Waals surface area contributed by atoms with Gasteiger partial charge in [0.2, 0.25) is 0 Å². The minimum atomic E-state index is -1.51. The Morgan fingerprint density at radius 1 is 1.20 bits per heavy atom. The van der Waals surface area contributed by atoms with E-state index in [-0.39, 0.29) is 63.4 Å². The average Bonchev–Trinajstić information content (AvgIpc) is 3.03. The van der Waals surface area contributed by atoms with Crippen molar-refractivity contribution in [3.8, 4) is 28.5 Å². The van der Waals surface area contributed by atoms with Gasteiger partial charge in [0.15, 0.2) is 5.65 Å². The van der Waals surface area contributed by atoms with E-state index in [1.54, 1.807) is 13.0 Å². The molecule has 0 amide bonds. The molecular weight excluding hydrogens is 403 g/mol. The second-order valence-corrected chi connectivity index (χ2v) is 6.18. The van der Waals surface area contributed by atoms with Crippen molar-refractivity contribution in [1.82, 2.24) is 19.6 Å². The van der Waals surface area contributed by atoms with E-state index in [0.717, 1.165) is 16.6 Å². The minimum absolute atomic E-state index is 0. The monoisotopic (exact) mass is 413 g/mol. The Labute approximate surface area is 190 Å². The van der Waals surface area contributed by atoms with E-state index in [1.807, 2.05) is 6.07 Å². The van der Waals surface area contributed by atoms with E-state index in [1.165, 1.54) is 24.4 Å². The number of carbonyl (C=O) groups is 1. The summed E-state index contributed by atoms with van der Waals surface area (Å²) in [6, 6.07) is 9.22. The number of halogens is 2. The maximum absolute atomic E-state index is 14.4. The molecule has 0 N–H and O–H groups in total. The number of carboxylic acids is 1. The summed E-state index contributed by atoms with van der Waals surface area (Å²) >= 11 is 0. The molecule has 142 valence electrons. The Morgan fingerprint density at radius 2 is 1.97 bits per heavy atom. The van der Waals surface area contributed by atoms with Gasteiger partial charge in [0.05, 0.1) is 28.6 Å². The first-order chi connectivity index (χ1) is 13.9. The molecule has 0 saturated carbocycles. The molecule has 4 aromatic rings. The molecule has 0 atom stereocenters. The van der Waals surface area contributed by atoms with Gasteiger partial charge in [0.1, 0.15) is 23.4 Å². The van der Waals surface area contributed by atoms with Crippen LogP contribution in [0.4, 0.5) is 8.78 Å². The van der Waals surface area contributed by atoms with Crippen LogP contribution < -0.4 is 34.7 Å². The van der Waals surface area contributed by atoms with Crippen LogP contribution in [0.5, 0.6) is 0 Å². The fourth-order valence-electron chi connectivity index (χ4n) is 3.04. The van der Waals surface area contributed by atoms with Gasteiger partial charge >= 0.3 is 29.6 Å². The molecule has 3 heterocycles. The molecular formula is C20H10F2N5NaO2. The number of nitrogens with zero attached hydrogens (tertiary/aromatic N) is 5. The molecule has 0 aliphatic rings. The van der Waals surface area contributed by atoms with E-state index >= 15 is 0 Å². The summed E-state index contributed by atoms with van der Waals surface area (Å²) in [7, 11) is 0. The first-order valence-corrected chi connectivity index (χ1v) is 8.32. The fraction of sp³-hybridized carbons (Fsp3) is 0.0500. The van der Waals surface area contributed by atoms with E-state index in [9.17, 15) is 18.7 Å². The van der Waals surface area contributed by atoms with Gasteiger partial charge in [-0.25, -0.2) is 23.3 Å². The van der Waals surface area contributed by atoms with Crippen molar-refractivity contribution >= 4 is 11.6 Å². The molecule has 10 heteroatoms. The van der Waals surface area contributed by atoms with Crippen molar-refractivity contribution < 1.29 is 48.2 Å². The number of pyridine rings is 1. The average molecular weight is 413 g/mol. The van der Waals surface area contributed by atoms with Crippen LogP contribution >= 0.6 is 0 Å². The summed E-state index contributed by atoms with van der Waals surface area (Å²) in [5, 5.41) is 24.7. The Balaban J connectivity index is 0.00000256. The topological polar surface area (TPSA) is 107 Å². The number of benzene rings is 1. The number of carboxylic acid groups (broad SMARTS) is 1. The van der Waals surface area contributed by atoms with Gasteiger partial charge in [-0.3, -0.25) is 0 Å². The molecule has 3 aromatic heterocycles. The summed E-state index contributed by atoms with van der Waals surface area (Å²) in [4.78, 5) is 20.1. The van der Waals surface area contributed by atoms with Crippen molar-refractivity contribution in [1.29, 1.82) is 5.26 Å². The molecule has 0 spiro atoms. The molecule has 0 aliphatic carbocycles. The summed E-state index contributed by atoms with van der Waals surface area (Å²) in [5.41, 5.74) is 1.18. The van der Waals surface area contributed by atoms with Crippen LogP contribution in [0.2, 0.25) is 0 Å². The Hall–Kier alpha value is -3.19. The smallest absolute Gasteiger partial charge is 0.543 e. The van der Waals surface area contributed by atoms with Gasteiger partial charge in [0, 0.05) is 23.4 Å². The number of nitriles is 1. The molecule has 0 saturated heterocycles. The van der Waals surface area contributed by atoms with Crippen LogP contribution in [0.15, 0.2) is 42.6 Å². The Morgan fingerprint density at radius 3 is 2.57 bits per heavy atom. The molecule has 30 heavy (non-hydrogen) atoms. The predicted octanol–water partition coefficient (Wildman–Crippen LogP) is -0.716. The maximum Gasteiger partial charge on any atom is 1.00 e. The molecule has 0 aliphatic heterocycles. The molecule has 0 bridgehead atoms. The molecule has 4 rings (SSSR count). The number of hydrogen-bond acceptors (Lipinski definition) is 6. The number of aryl methyl sites for hydroxylation is 1. The zero-order valence-corrected chi connectivity index (χ0v) is 17.8. The van der Waals surface area contributed by atoms with Crippen molar-refractivity contribution in [2.24, 2.45) is 0 Å². The third-order valence-electron chi connectivity index (χ3n) is 4.35. The Bertz CT molecular complexity index is 1330. The number of rotatable bonds is 3. The second kappa shape index (κ2) is 8.28. The van der Waals surface area contributed by atoms with Gasteiger partial charge < -0.3 is 9.90 Å². The van der Waals surface area contributed by atoms with Gasteiger partial charge in [-0.05, 0) is 37.3 Å². The van der Waals surface area contributed by atoms with E-state index < -0.39 is 17.6 Å². The summed E-state index contributed by atoms with van der Waals surface area (Å²) in [6.07, 6.45) is 1.37. The number of aromatic nitrogens is 4. The summed E-state index contributed by atoms with van der Waals surface area (Å²) in [5.74, 6) is -3.08. The molecule has 0 radical (unpaired) electrons. The quantitative estimate of drug-likeness (QED) is 0.411. The van der Waals surface area contributed by atoms with Crippen LogP contribution in [0, 0.1) is 29.9 Å². The number of aromatic carboxylic acids is 1. The van der Waals surface area contributed by atoms with E-state index in [0.29, 0.717) is 11.3 Å². The second-order valence-electron chi connectivity index (χ2n) is 6.18. The third kappa shape index (κ3) is 3.68. The Kier molecular flexibility index (Phi) is 5.94. The number of hydrogen-bond donors (Lipinski definition) is 0. The fourth-order valence-corrected chi connectivity index (χ4v) is 3.04. The van der Waals surface area contributed by atoms with Crippen molar-refractivity contribution in [2.75, 3.05) is 0 Å². The van der Waals surface area contributed by atoms with Crippen molar-refractivity contribution in [2.45, 2.75) is 6.92 Å². The van der Waals surface area contributed by atoms with Crippen LogP contribution in [-0.4, -0.2) is 25.6 Å². The van der Waals surface area contributed by atoms with E-state index in [2.05, 4.69) is 15.1 Å². The number of carbonyl (C=O) groups excluding carboxylic acids is 1. The molecule has 0 fully saturated rings. The van der Waals surface area contributed by atoms with Crippen molar-refractivity contribution in [3.63, 3.8) is 0 Å². The SMILES string of the molecule is Cc1nn2c(C(=O)[O-])cc(-c3ccc(C#N)nc3)nc2c1-c1ccc(F)cc1F.[Na+]. The van der Waals surface area contributed by atoms with Gasteiger partial charge in [-0.2, -0.15) is 10.4 Å². The first kappa shape index (κ1) is 21.5. The molecule has 7 nitrogen and oxygen atoms in total. The minimum Gasteiger partial charge on any atom is -0.543 e. The summed E-state index contributed by atoms with van der Waals surface area (Å²) < 4.78 is 28.8. The van der Waals surface area contributed by atoms with Crippen LogP contribution in [0.3, 0.4) is 0 Å². The molecule has 1 aromatic carbocycles. The zero-order valence-electron chi connectivity index (χ0n) is 15.8. The maximum atomic E-state index is 14.4. The van der Waals surface area contributed by atoms with Crippen LogP contribution in [0.25, 0.3) is 28.0 Å². The van der Waals surface area contributed by atoms with Gasteiger partial charge in [0.25, 0.3) is 0 Å². The molecule has 0 unspecified atom stereocenters. The predicted molar refractivity (Wildman–Crippen MR) is 95.4 cm³/mol. The van der Waals surface area contributed by atoms with Crippen LogP contribution in [0.1, 0.15) is 21.9 Å².